The summed E-state index contributed by atoms with van der Waals surface area (Å²) in [6.45, 7) is 5.66. The Morgan fingerprint density at radius 3 is 2.86 bits per heavy atom. The van der Waals surface area contributed by atoms with E-state index in [1.807, 2.05) is 13.8 Å². The second kappa shape index (κ2) is 5.87. The van der Waals surface area contributed by atoms with Gasteiger partial charge in [-0.2, -0.15) is 0 Å². The van der Waals surface area contributed by atoms with Gasteiger partial charge in [-0.15, -0.1) is 0 Å². The summed E-state index contributed by atoms with van der Waals surface area (Å²) in [7, 11) is 0. The van der Waals surface area contributed by atoms with E-state index in [-0.39, 0.29) is 17.5 Å². The minimum absolute atomic E-state index is 0.108. The molecule has 1 aromatic rings. The maximum atomic E-state index is 11.7. The van der Waals surface area contributed by atoms with Crippen LogP contribution in [0.1, 0.15) is 58.2 Å². The predicted molar refractivity (Wildman–Crippen MR) is 80.6 cm³/mol. The van der Waals surface area contributed by atoms with E-state index in [9.17, 15) is 14.7 Å². The van der Waals surface area contributed by atoms with Crippen LogP contribution < -0.4 is 10.9 Å². The Balaban J connectivity index is 2.27. The molecule has 2 unspecified atom stereocenters. The number of hydrogen-bond acceptors (Lipinski definition) is 4. The van der Waals surface area contributed by atoms with Crippen LogP contribution in [0.15, 0.2) is 10.9 Å². The van der Waals surface area contributed by atoms with Crippen molar-refractivity contribution in [3.05, 3.63) is 22.2 Å². The molecule has 1 aromatic heterocycles. The van der Waals surface area contributed by atoms with E-state index in [1.165, 1.54) is 6.07 Å². The van der Waals surface area contributed by atoms with Crippen LogP contribution in [0.3, 0.4) is 0 Å². The minimum Gasteiger partial charge on any atom is -0.481 e. The quantitative estimate of drug-likeness (QED) is 0.792. The fourth-order valence-electron chi connectivity index (χ4n) is 2.82. The molecule has 0 aromatic carbocycles. The molecule has 6 nitrogen and oxygen atoms in total. The highest BCUT2D eigenvalue weighted by Crippen LogP contribution is 2.37. The molecule has 0 bridgehead atoms. The zero-order valence-electron chi connectivity index (χ0n) is 12.8. The highest BCUT2D eigenvalue weighted by atomic mass is 16.4. The lowest BCUT2D eigenvalue weighted by Gasteiger charge is -2.38. The van der Waals surface area contributed by atoms with Crippen LogP contribution in [0.5, 0.6) is 0 Å². The molecule has 1 saturated carbocycles. The average molecular weight is 293 g/mol. The molecule has 1 heterocycles. The summed E-state index contributed by atoms with van der Waals surface area (Å²) >= 11 is 0. The molecule has 0 aliphatic heterocycles. The third kappa shape index (κ3) is 3.25. The van der Waals surface area contributed by atoms with Gasteiger partial charge in [0.25, 0.3) is 5.56 Å². The maximum Gasteiger partial charge on any atom is 0.311 e. The second-order valence-electron chi connectivity index (χ2n) is 6.34. The van der Waals surface area contributed by atoms with Crippen LogP contribution in [-0.2, 0) is 4.79 Å². The molecule has 116 valence electrons. The summed E-state index contributed by atoms with van der Waals surface area (Å²) in [5.74, 6) is 0.380. The first-order chi connectivity index (χ1) is 9.83. The number of aromatic nitrogens is 2. The number of H-pyrrole nitrogens is 1. The van der Waals surface area contributed by atoms with Gasteiger partial charge in [0.1, 0.15) is 11.6 Å². The predicted octanol–water partition coefficient (Wildman–Crippen LogP) is 2.34. The fourth-order valence-corrected chi connectivity index (χ4v) is 2.82. The van der Waals surface area contributed by atoms with Crippen molar-refractivity contribution in [2.75, 3.05) is 5.32 Å². The summed E-state index contributed by atoms with van der Waals surface area (Å²) in [6.07, 6.45) is 3.32. The van der Waals surface area contributed by atoms with Gasteiger partial charge < -0.3 is 15.4 Å². The number of nitrogens with zero attached hydrogens (tertiary/aromatic N) is 1. The molecule has 0 amide bonds. The van der Waals surface area contributed by atoms with Gasteiger partial charge in [0, 0.05) is 18.0 Å². The number of carboxylic acids is 1. The number of hydrogen-bond donors (Lipinski definition) is 3. The normalized spacial score (nSPS) is 25.8. The second-order valence-corrected chi connectivity index (χ2v) is 6.34. The summed E-state index contributed by atoms with van der Waals surface area (Å²) < 4.78 is 0. The van der Waals surface area contributed by atoms with Crippen LogP contribution in [0.2, 0.25) is 0 Å². The van der Waals surface area contributed by atoms with Crippen LogP contribution in [0.4, 0.5) is 5.82 Å². The molecule has 0 spiro atoms. The minimum atomic E-state index is -0.819. The molecule has 1 aliphatic carbocycles. The van der Waals surface area contributed by atoms with Crippen molar-refractivity contribution in [3.63, 3.8) is 0 Å². The van der Waals surface area contributed by atoms with Crippen LogP contribution in [0, 0.1) is 5.41 Å². The largest absolute Gasteiger partial charge is 0.481 e. The average Bonchev–Trinajstić information content (AvgIpc) is 2.40. The third-order valence-electron chi connectivity index (χ3n) is 4.33. The van der Waals surface area contributed by atoms with Gasteiger partial charge >= 0.3 is 5.97 Å². The van der Waals surface area contributed by atoms with Crippen molar-refractivity contribution in [1.29, 1.82) is 0 Å². The van der Waals surface area contributed by atoms with E-state index in [0.717, 1.165) is 19.3 Å². The number of aliphatic carboxylic acids is 1. The molecular formula is C15H23N3O3. The van der Waals surface area contributed by atoms with Crippen molar-refractivity contribution < 1.29 is 9.90 Å². The highest BCUT2D eigenvalue weighted by molar-refractivity contribution is 5.76. The van der Waals surface area contributed by atoms with E-state index < -0.39 is 11.4 Å². The Hall–Kier alpha value is -1.85. The number of carbonyl (C=O) groups is 1. The molecule has 0 radical (unpaired) electrons. The number of aromatic amines is 1. The Morgan fingerprint density at radius 1 is 1.52 bits per heavy atom. The van der Waals surface area contributed by atoms with Gasteiger partial charge in [0.05, 0.1) is 5.41 Å². The number of rotatable bonds is 4. The van der Waals surface area contributed by atoms with Crippen molar-refractivity contribution in [1.82, 2.24) is 9.97 Å². The number of carboxylic acid groups (broad SMARTS) is 1. The fraction of sp³-hybridized carbons (Fsp3) is 0.667. The zero-order valence-corrected chi connectivity index (χ0v) is 12.8. The van der Waals surface area contributed by atoms with Gasteiger partial charge in [-0.3, -0.25) is 9.59 Å². The summed E-state index contributed by atoms with van der Waals surface area (Å²) in [6, 6.07) is 1.18. The monoisotopic (exact) mass is 293 g/mol. The van der Waals surface area contributed by atoms with Crippen LogP contribution >= 0.6 is 0 Å². The number of anilines is 1. The van der Waals surface area contributed by atoms with Crippen molar-refractivity contribution in [2.24, 2.45) is 5.41 Å². The van der Waals surface area contributed by atoms with Crippen LogP contribution in [-0.4, -0.2) is 27.1 Å². The smallest absolute Gasteiger partial charge is 0.311 e. The first kappa shape index (κ1) is 15.5. The Labute approximate surface area is 124 Å². The van der Waals surface area contributed by atoms with E-state index >= 15 is 0 Å². The van der Waals surface area contributed by atoms with Crippen molar-refractivity contribution >= 4 is 11.8 Å². The Morgan fingerprint density at radius 2 is 2.24 bits per heavy atom. The van der Waals surface area contributed by atoms with Crippen molar-refractivity contribution in [2.45, 2.75) is 58.4 Å². The molecule has 21 heavy (non-hydrogen) atoms. The molecule has 2 rings (SSSR count). The molecule has 0 saturated heterocycles. The first-order valence-electron chi connectivity index (χ1n) is 7.44. The van der Waals surface area contributed by atoms with E-state index in [0.29, 0.717) is 18.1 Å². The molecule has 3 N–H and O–H groups in total. The van der Waals surface area contributed by atoms with Gasteiger partial charge in [-0.1, -0.05) is 26.7 Å². The maximum absolute atomic E-state index is 11.7. The molecule has 6 heteroatoms. The molecule has 1 fully saturated rings. The molecule has 1 aliphatic rings. The van der Waals surface area contributed by atoms with E-state index in [1.54, 1.807) is 6.92 Å². The van der Waals surface area contributed by atoms with Gasteiger partial charge in [0.2, 0.25) is 0 Å². The lowest BCUT2D eigenvalue weighted by atomic mass is 9.71. The lowest BCUT2D eigenvalue weighted by Crippen LogP contribution is -2.47. The topological polar surface area (TPSA) is 95.1 Å². The standard InChI is InChI=1S/C15H23N3O3/c1-9(2)13-17-11(8-12(19)18-13)16-10-6-4-5-7-15(10,3)14(20)21/h8-10H,4-7H2,1-3H3,(H,20,21)(H2,16,17,18,19). The van der Waals surface area contributed by atoms with Gasteiger partial charge in [0.15, 0.2) is 0 Å². The first-order valence-corrected chi connectivity index (χ1v) is 7.44. The summed E-state index contributed by atoms with van der Waals surface area (Å²) in [5, 5.41) is 12.7. The van der Waals surface area contributed by atoms with E-state index in [2.05, 4.69) is 15.3 Å². The van der Waals surface area contributed by atoms with Gasteiger partial charge in [-0.25, -0.2) is 4.98 Å². The Bertz CT molecular complexity index is 582. The summed E-state index contributed by atoms with van der Waals surface area (Å²) in [5.41, 5.74) is -1.04. The lowest BCUT2D eigenvalue weighted by molar-refractivity contribution is -0.150. The van der Waals surface area contributed by atoms with E-state index in [4.69, 9.17) is 0 Å². The number of nitrogens with one attached hydrogen (secondary N) is 2. The molecule has 2 atom stereocenters. The third-order valence-corrected chi connectivity index (χ3v) is 4.33. The SMILES string of the molecule is CC(C)c1nc(NC2CCCCC2(C)C(=O)O)cc(=O)[nH]1. The summed E-state index contributed by atoms with van der Waals surface area (Å²) in [4.78, 5) is 30.4. The molecular weight excluding hydrogens is 270 g/mol. The van der Waals surface area contributed by atoms with Crippen molar-refractivity contribution in [3.8, 4) is 0 Å². The van der Waals surface area contributed by atoms with Gasteiger partial charge in [-0.05, 0) is 19.8 Å². The Kier molecular flexibility index (Phi) is 4.34. The zero-order chi connectivity index (χ0) is 15.6. The van der Waals surface area contributed by atoms with Crippen LogP contribution in [0.25, 0.3) is 0 Å². The highest BCUT2D eigenvalue weighted by Gasteiger charge is 2.43.